The monoisotopic (exact) mass is 367 g/mol. The summed E-state index contributed by atoms with van der Waals surface area (Å²) < 4.78 is 29.8. The number of hydrogen-bond donors (Lipinski definition) is 0. The molecule has 0 bridgehead atoms. The number of ether oxygens (including phenoxy) is 1. The van der Waals surface area contributed by atoms with Crippen molar-refractivity contribution in [2.75, 3.05) is 18.1 Å². The second-order valence-corrected chi connectivity index (χ2v) is 9.33. The molecule has 1 heterocycles. The highest BCUT2D eigenvalue weighted by Gasteiger charge is 2.32. The summed E-state index contributed by atoms with van der Waals surface area (Å²) in [5.41, 5.74) is 1.07. The average Bonchev–Trinajstić information content (AvgIpc) is 2.71. The van der Waals surface area contributed by atoms with Crippen molar-refractivity contribution in [1.29, 1.82) is 0 Å². The topological polar surface area (TPSA) is 63.7 Å². The van der Waals surface area contributed by atoms with E-state index in [1.165, 1.54) is 0 Å². The van der Waals surface area contributed by atoms with Crippen LogP contribution in [0.2, 0.25) is 0 Å². The van der Waals surface area contributed by atoms with Gasteiger partial charge >= 0.3 is 0 Å². The minimum absolute atomic E-state index is 0.0299. The van der Waals surface area contributed by atoms with Crippen molar-refractivity contribution < 1.29 is 17.9 Å². The zero-order chi connectivity index (χ0) is 18.6. The first-order chi connectivity index (χ1) is 11.7. The van der Waals surface area contributed by atoms with Gasteiger partial charge in [0, 0.05) is 12.6 Å². The van der Waals surface area contributed by atoms with Crippen LogP contribution in [-0.2, 0) is 14.6 Å². The minimum atomic E-state index is -3.06. The Balaban J connectivity index is 2.18. The molecule has 0 saturated carbocycles. The fraction of sp³-hybridized carbons (Fsp3) is 0.632. The number of rotatable bonds is 5. The fourth-order valence-corrected chi connectivity index (χ4v) is 4.48. The van der Waals surface area contributed by atoms with Crippen molar-refractivity contribution in [3.8, 4) is 5.75 Å². The van der Waals surface area contributed by atoms with Crippen molar-refractivity contribution in [2.45, 2.75) is 58.6 Å². The van der Waals surface area contributed by atoms with Crippen molar-refractivity contribution in [1.82, 2.24) is 4.90 Å². The molecule has 2 atom stereocenters. The van der Waals surface area contributed by atoms with Gasteiger partial charge in [0.1, 0.15) is 5.75 Å². The number of para-hydroxylation sites is 1. The van der Waals surface area contributed by atoms with E-state index < -0.39 is 15.9 Å². The van der Waals surface area contributed by atoms with E-state index in [4.69, 9.17) is 4.74 Å². The Labute approximate surface area is 151 Å². The summed E-state index contributed by atoms with van der Waals surface area (Å²) in [5.74, 6) is 1.08. The Morgan fingerprint density at radius 3 is 2.60 bits per heavy atom. The SMILES string of the molecule is CCC(Oc1ccccc1C(C)C)C(=O)N1CCS(=O)(=O)CCC1C. The van der Waals surface area contributed by atoms with Crippen LogP contribution in [0.4, 0.5) is 0 Å². The van der Waals surface area contributed by atoms with Gasteiger partial charge in [0.2, 0.25) is 0 Å². The third kappa shape index (κ3) is 4.97. The largest absolute Gasteiger partial charge is 0.480 e. The van der Waals surface area contributed by atoms with E-state index in [-0.39, 0.29) is 30.0 Å². The number of amides is 1. The minimum Gasteiger partial charge on any atom is -0.480 e. The lowest BCUT2D eigenvalue weighted by Gasteiger charge is -2.31. The maximum Gasteiger partial charge on any atom is 0.263 e. The van der Waals surface area contributed by atoms with E-state index in [0.29, 0.717) is 18.8 Å². The maximum atomic E-state index is 13.0. The first-order valence-corrected chi connectivity index (χ1v) is 10.8. The van der Waals surface area contributed by atoms with Crippen LogP contribution in [0, 0.1) is 0 Å². The molecule has 1 amide bonds. The van der Waals surface area contributed by atoms with Gasteiger partial charge in [-0.3, -0.25) is 4.79 Å². The van der Waals surface area contributed by atoms with E-state index >= 15 is 0 Å². The molecule has 1 saturated heterocycles. The number of nitrogens with zero attached hydrogens (tertiary/aromatic N) is 1. The molecule has 0 aromatic heterocycles. The van der Waals surface area contributed by atoms with Gasteiger partial charge in [0.15, 0.2) is 15.9 Å². The van der Waals surface area contributed by atoms with Crippen LogP contribution in [0.5, 0.6) is 5.75 Å². The van der Waals surface area contributed by atoms with Crippen LogP contribution in [0.1, 0.15) is 52.0 Å². The molecule has 25 heavy (non-hydrogen) atoms. The molecule has 1 aromatic rings. The van der Waals surface area contributed by atoms with Crippen LogP contribution < -0.4 is 4.74 Å². The number of sulfone groups is 1. The van der Waals surface area contributed by atoms with E-state index in [1.807, 2.05) is 38.1 Å². The van der Waals surface area contributed by atoms with Gasteiger partial charge in [-0.2, -0.15) is 0 Å². The number of benzene rings is 1. The molecule has 140 valence electrons. The Morgan fingerprint density at radius 1 is 1.28 bits per heavy atom. The van der Waals surface area contributed by atoms with Crippen LogP contribution in [-0.4, -0.2) is 49.4 Å². The predicted molar refractivity (Wildman–Crippen MR) is 99.7 cm³/mol. The highest BCUT2D eigenvalue weighted by molar-refractivity contribution is 7.91. The molecule has 1 aliphatic heterocycles. The van der Waals surface area contributed by atoms with Gasteiger partial charge < -0.3 is 9.64 Å². The normalized spacial score (nSPS) is 21.6. The highest BCUT2D eigenvalue weighted by atomic mass is 32.2. The summed E-state index contributed by atoms with van der Waals surface area (Å²) in [5, 5.41) is 0. The number of hydrogen-bond acceptors (Lipinski definition) is 4. The van der Waals surface area contributed by atoms with Gasteiger partial charge in [-0.1, -0.05) is 39.0 Å². The maximum absolute atomic E-state index is 13.0. The van der Waals surface area contributed by atoms with E-state index in [9.17, 15) is 13.2 Å². The second-order valence-electron chi connectivity index (χ2n) is 7.03. The van der Waals surface area contributed by atoms with E-state index in [2.05, 4.69) is 13.8 Å². The van der Waals surface area contributed by atoms with Crippen LogP contribution in [0.3, 0.4) is 0 Å². The molecule has 0 spiro atoms. The Morgan fingerprint density at radius 2 is 1.96 bits per heavy atom. The first-order valence-electron chi connectivity index (χ1n) is 9.01. The average molecular weight is 368 g/mol. The third-order valence-electron chi connectivity index (χ3n) is 4.76. The third-order valence-corrected chi connectivity index (χ3v) is 6.42. The molecule has 1 fully saturated rings. The molecule has 5 nitrogen and oxygen atoms in total. The van der Waals surface area contributed by atoms with Crippen LogP contribution in [0.15, 0.2) is 24.3 Å². The summed E-state index contributed by atoms with van der Waals surface area (Å²) in [7, 11) is -3.06. The fourth-order valence-electron chi connectivity index (χ4n) is 3.10. The second kappa shape index (κ2) is 8.21. The van der Waals surface area contributed by atoms with E-state index in [0.717, 1.165) is 11.3 Å². The van der Waals surface area contributed by atoms with Crippen LogP contribution in [0.25, 0.3) is 0 Å². The number of carbonyl (C=O) groups excluding carboxylic acids is 1. The summed E-state index contributed by atoms with van der Waals surface area (Å²) in [6.07, 6.45) is 0.428. The molecule has 1 aliphatic rings. The molecule has 1 aromatic carbocycles. The molecule has 0 radical (unpaired) electrons. The summed E-state index contributed by atoms with van der Waals surface area (Å²) >= 11 is 0. The van der Waals surface area contributed by atoms with Crippen molar-refractivity contribution in [2.24, 2.45) is 0 Å². The van der Waals surface area contributed by atoms with Crippen molar-refractivity contribution in [3.05, 3.63) is 29.8 Å². The van der Waals surface area contributed by atoms with Crippen molar-refractivity contribution >= 4 is 15.7 Å². The summed E-state index contributed by atoms with van der Waals surface area (Å²) in [6.45, 7) is 8.25. The van der Waals surface area contributed by atoms with Crippen LogP contribution >= 0.6 is 0 Å². The molecule has 2 unspecified atom stereocenters. The van der Waals surface area contributed by atoms with Gasteiger partial charge in [-0.15, -0.1) is 0 Å². The first kappa shape index (κ1) is 19.8. The standard InChI is InChI=1S/C19H29NO4S/c1-5-17(24-18-9-7-6-8-16(18)14(2)3)19(21)20-11-13-25(22,23)12-10-15(20)4/h6-9,14-15,17H,5,10-13H2,1-4H3. The summed E-state index contributed by atoms with van der Waals surface area (Å²) in [4.78, 5) is 14.7. The highest BCUT2D eigenvalue weighted by Crippen LogP contribution is 2.28. The Hall–Kier alpha value is -1.56. The van der Waals surface area contributed by atoms with Crippen molar-refractivity contribution in [3.63, 3.8) is 0 Å². The molecule has 0 aliphatic carbocycles. The zero-order valence-corrected chi connectivity index (χ0v) is 16.4. The molecule has 2 rings (SSSR count). The molecule has 0 N–H and O–H groups in total. The zero-order valence-electron chi connectivity index (χ0n) is 15.6. The quantitative estimate of drug-likeness (QED) is 0.802. The lowest BCUT2D eigenvalue weighted by atomic mass is 10.0. The molecular weight excluding hydrogens is 338 g/mol. The number of carbonyl (C=O) groups is 1. The predicted octanol–water partition coefficient (Wildman–Crippen LogP) is 3.00. The molecule has 6 heteroatoms. The molecular formula is C19H29NO4S. The lowest BCUT2D eigenvalue weighted by molar-refractivity contribution is -0.140. The Bertz CT molecular complexity index is 699. The van der Waals surface area contributed by atoms with Gasteiger partial charge in [-0.25, -0.2) is 8.42 Å². The lowest BCUT2D eigenvalue weighted by Crippen LogP contribution is -2.46. The van der Waals surface area contributed by atoms with E-state index in [1.54, 1.807) is 4.90 Å². The summed E-state index contributed by atoms with van der Waals surface area (Å²) in [6, 6.07) is 7.68. The van der Waals surface area contributed by atoms with Gasteiger partial charge in [0.25, 0.3) is 5.91 Å². The van der Waals surface area contributed by atoms with Gasteiger partial charge in [-0.05, 0) is 37.3 Å². The smallest absolute Gasteiger partial charge is 0.263 e. The van der Waals surface area contributed by atoms with Gasteiger partial charge in [0.05, 0.1) is 11.5 Å². The Kier molecular flexibility index (Phi) is 6.49.